The molecule has 1 N–H and O–H groups in total. The van der Waals surface area contributed by atoms with Crippen molar-refractivity contribution >= 4 is 11.3 Å². The van der Waals surface area contributed by atoms with Crippen molar-refractivity contribution in [3.8, 4) is 0 Å². The Morgan fingerprint density at radius 2 is 2.00 bits per heavy atom. The second-order valence-electron chi connectivity index (χ2n) is 4.06. The highest BCUT2D eigenvalue weighted by Crippen LogP contribution is 2.13. The van der Waals surface area contributed by atoms with Crippen LogP contribution < -0.4 is 5.32 Å². The normalized spacial score (nSPS) is 12.6. The molecule has 2 rings (SSSR count). The molecule has 1 nitrogen and oxygen atoms in total. The Hall–Kier alpha value is -1.19. The van der Waals surface area contributed by atoms with Gasteiger partial charge in [0.1, 0.15) is 5.82 Å². The van der Waals surface area contributed by atoms with Gasteiger partial charge in [-0.1, -0.05) is 18.2 Å². The largest absolute Gasteiger partial charge is 0.310 e. The average Bonchev–Trinajstić information content (AvgIpc) is 2.83. The van der Waals surface area contributed by atoms with Crippen molar-refractivity contribution in [3.05, 3.63) is 58.0 Å². The van der Waals surface area contributed by atoms with E-state index in [0.717, 1.165) is 18.5 Å². The van der Waals surface area contributed by atoms with Gasteiger partial charge in [-0.15, -0.1) is 11.3 Å². The predicted octanol–water partition coefficient (Wildman–Crippen LogP) is 3.78. The fraction of sp³-hybridized carbons (Fsp3) is 0.286. The van der Waals surface area contributed by atoms with Gasteiger partial charge in [-0.3, -0.25) is 0 Å². The molecule has 1 aromatic carbocycles. The van der Waals surface area contributed by atoms with E-state index < -0.39 is 0 Å². The smallest absolute Gasteiger partial charge is 0.123 e. The molecule has 1 atom stereocenters. The fourth-order valence-corrected chi connectivity index (χ4v) is 2.44. The van der Waals surface area contributed by atoms with E-state index in [1.54, 1.807) is 11.3 Å². The number of hydrogen-bond acceptors (Lipinski definition) is 2. The molecule has 0 aliphatic heterocycles. The maximum atomic E-state index is 12.8. The molecule has 0 saturated carbocycles. The first kappa shape index (κ1) is 12.3. The SMILES string of the molecule is C[C@H](NCCc1cccs1)c1ccc(F)cc1. The second kappa shape index (κ2) is 5.94. The standard InChI is InChI=1S/C14H16FNS/c1-11(12-4-6-13(15)7-5-12)16-9-8-14-3-2-10-17-14/h2-7,10-11,16H,8-9H2,1H3/t11-/m0/s1. The minimum Gasteiger partial charge on any atom is -0.310 e. The molecule has 0 unspecified atom stereocenters. The van der Waals surface area contributed by atoms with Crippen LogP contribution in [0.25, 0.3) is 0 Å². The summed E-state index contributed by atoms with van der Waals surface area (Å²) in [6.45, 7) is 3.04. The van der Waals surface area contributed by atoms with Gasteiger partial charge in [0.2, 0.25) is 0 Å². The second-order valence-corrected chi connectivity index (χ2v) is 5.09. The summed E-state index contributed by atoms with van der Waals surface area (Å²) in [5, 5.41) is 5.54. The van der Waals surface area contributed by atoms with Crippen LogP contribution in [0, 0.1) is 5.82 Å². The molecule has 0 amide bonds. The molecule has 1 aromatic heterocycles. The molecule has 0 fully saturated rings. The molecular formula is C14H16FNS. The van der Waals surface area contributed by atoms with Gasteiger partial charge in [0, 0.05) is 17.5 Å². The summed E-state index contributed by atoms with van der Waals surface area (Å²) in [4.78, 5) is 1.39. The van der Waals surface area contributed by atoms with Crippen molar-refractivity contribution in [1.82, 2.24) is 5.32 Å². The van der Waals surface area contributed by atoms with Crippen LogP contribution in [0.4, 0.5) is 4.39 Å². The zero-order valence-electron chi connectivity index (χ0n) is 9.82. The van der Waals surface area contributed by atoms with Crippen LogP contribution in [0.15, 0.2) is 41.8 Å². The van der Waals surface area contributed by atoms with Crippen LogP contribution in [-0.2, 0) is 6.42 Å². The van der Waals surface area contributed by atoms with Crippen LogP contribution >= 0.6 is 11.3 Å². The number of thiophene rings is 1. The Labute approximate surface area is 105 Å². The van der Waals surface area contributed by atoms with Crippen molar-refractivity contribution in [1.29, 1.82) is 0 Å². The van der Waals surface area contributed by atoms with Crippen molar-refractivity contribution in [3.63, 3.8) is 0 Å². The zero-order chi connectivity index (χ0) is 12.1. The van der Waals surface area contributed by atoms with Crippen molar-refractivity contribution < 1.29 is 4.39 Å². The number of halogens is 1. The van der Waals surface area contributed by atoms with E-state index in [0.29, 0.717) is 0 Å². The number of nitrogens with one attached hydrogen (secondary N) is 1. The first-order valence-electron chi connectivity index (χ1n) is 5.77. The molecule has 90 valence electrons. The minimum atomic E-state index is -0.181. The van der Waals surface area contributed by atoms with Gasteiger partial charge in [-0.05, 0) is 42.5 Å². The molecular weight excluding hydrogens is 233 g/mol. The summed E-state index contributed by atoms with van der Waals surface area (Å²) in [5.74, 6) is -0.181. The Balaban J connectivity index is 1.81. The van der Waals surface area contributed by atoms with E-state index in [1.807, 2.05) is 12.1 Å². The van der Waals surface area contributed by atoms with E-state index in [1.165, 1.54) is 17.0 Å². The molecule has 0 spiro atoms. The van der Waals surface area contributed by atoms with Gasteiger partial charge in [-0.2, -0.15) is 0 Å². The average molecular weight is 249 g/mol. The molecule has 3 heteroatoms. The third-order valence-corrected chi connectivity index (χ3v) is 3.71. The number of hydrogen-bond donors (Lipinski definition) is 1. The summed E-state index contributed by atoms with van der Waals surface area (Å²) in [7, 11) is 0. The van der Waals surface area contributed by atoms with Crippen LogP contribution in [0.5, 0.6) is 0 Å². The molecule has 17 heavy (non-hydrogen) atoms. The van der Waals surface area contributed by atoms with E-state index in [-0.39, 0.29) is 11.9 Å². The Kier molecular flexibility index (Phi) is 4.29. The highest BCUT2D eigenvalue weighted by atomic mass is 32.1. The molecule has 0 radical (unpaired) electrons. The number of rotatable bonds is 5. The van der Waals surface area contributed by atoms with Crippen molar-refractivity contribution in [2.75, 3.05) is 6.54 Å². The van der Waals surface area contributed by atoms with Crippen molar-refractivity contribution in [2.24, 2.45) is 0 Å². The van der Waals surface area contributed by atoms with E-state index in [2.05, 4.69) is 29.8 Å². The molecule has 1 heterocycles. The van der Waals surface area contributed by atoms with Gasteiger partial charge in [-0.25, -0.2) is 4.39 Å². The van der Waals surface area contributed by atoms with Gasteiger partial charge in [0.15, 0.2) is 0 Å². The maximum absolute atomic E-state index is 12.8. The van der Waals surface area contributed by atoms with Gasteiger partial charge < -0.3 is 5.32 Å². The topological polar surface area (TPSA) is 12.0 Å². The van der Waals surface area contributed by atoms with E-state index in [4.69, 9.17) is 0 Å². The quantitative estimate of drug-likeness (QED) is 0.850. The Morgan fingerprint density at radius 3 is 2.65 bits per heavy atom. The Morgan fingerprint density at radius 1 is 1.24 bits per heavy atom. The molecule has 0 bridgehead atoms. The lowest BCUT2D eigenvalue weighted by Crippen LogP contribution is -2.21. The van der Waals surface area contributed by atoms with Gasteiger partial charge >= 0.3 is 0 Å². The van der Waals surface area contributed by atoms with Crippen LogP contribution in [-0.4, -0.2) is 6.54 Å². The minimum absolute atomic E-state index is 0.181. The Bertz CT molecular complexity index is 436. The first-order chi connectivity index (χ1) is 8.25. The summed E-state index contributed by atoms with van der Waals surface area (Å²) < 4.78 is 12.8. The summed E-state index contributed by atoms with van der Waals surface area (Å²) >= 11 is 1.78. The first-order valence-corrected chi connectivity index (χ1v) is 6.65. The maximum Gasteiger partial charge on any atom is 0.123 e. The highest BCUT2D eigenvalue weighted by molar-refractivity contribution is 7.09. The predicted molar refractivity (Wildman–Crippen MR) is 70.8 cm³/mol. The van der Waals surface area contributed by atoms with Crippen molar-refractivity contribution in [2.45, 2.75) is 19.4 Å². The third-order valence-electron chi connectivity index (χ3n) is 2.77. The lowest BCUT2D eigenvalue weighted by molar-refractivity contribution is 0.575. The summed E-state index contributed by atoms with van der Waals surface area (Å²) in [6, 6.07) is 11.2. The molecule has 0 saturated heterocycles. The van der Waals surface area contributed by atoms with E-state index >= 15 is 0 Å². The monoisotopic (exact) mass is 249 g/mol. The van der Waals surface area contributed by atoms with Crippen LogP contribution in [0.1, 0.15) is 23.4 Å². The lowest BCUT2D eigenvalue weighted by atomic mass is 10.1. The van der Waals surface area contributed by atoms with Gasteiger partial charge in [0.05, 0.1) is 0 Å². The summed E-state index contributed by atoms with van der Waals surface area (Å²) in [5.41, 5.74) is 1.12. The van der Waals surface area contributed by atoms with Crippen LogP contribution in [0.2, 0.25) is 0 Å². The molecule has 0 aliphatic carbocycles. The third kappa shape index (κ3) is 3.65. The zero-order valence-corrected chi connectivity index (χ0v) is 10.6. The highest BCUT2D eigenvalue weighted by Gasteiger charge is 2.04. The molecule has 0 aliphatic rings. The van der Waals surface area contributed by atoms with Crippen LogP contribution in [0.3, 0.4) is 0 Å². The summed E-state index contributed by atoms with van der Waals surface area (Å²) in [6.07, 6.45) is 1.04. The fourth-order valence-electron chi connectivity index (χ4n) is 1.74. The lowest BCUT2D eigenvalue weighted by Gasteiger charge is -2.13. The molecule has 2 aromatic rings. The van der Waals surface area contributed by atoms with Gasteiger partial charge in [0.25, 0.3) is 0 Å². The van der Waals surface area contributed by atoms with E-state index in [9.17, 15) is 4.39 Å². The number of benzene rings is 1.